The predicted octanol–water partition coefficient (Wildman–Crippen LogP) is 6.78. The number of nitrogens with one attached hydrogen (secondary N) is 1. The van der Waals surface area contributed by atoms with E-state index in [1.165, 1.54) is 11.1 Å². The first-order valence-corrected chi connectivity index (χ1v) is 11.6. The highest BCUT2D eigenvalue weighted by Gasteiger charge is 2.37. The van der Waals surface area contributed by atoms with E-state index in [9.17, 15) is 9.59 Å². The quantitative estimate of drug-likeness (QED) is 0.482. The number of rotatable bonds is 7. The summed E-state index contributed by atoms with van der Waals surface area (Å²) in [4.78, 5) is 26.4. The molecule has 0 heterocycles. The van der Waals surface area contributed by atoms with Crippen LogP contribution >= 0.6 is 0 Å². The van der Waals surface area contributed by atoms with Crippen molar-refractivity contribution in [3.63, 3.8) is 0 Å². The van der Waals surface area contributed by atoms with E-state index in [2.05, 4.69) is 50.4 Å². The summed E-state index contributed by atoms with van der Waals surface area (Å²) in [6.45, 7) is 12.3. The zero-order chi connectivity index (χ0) is 24.2. The molecule has 0 fully saturated rings. The van der Waals surface area contributed by atoms with Gasteiger partial charge in [0.05, 0.1) is 5.41 Å². The molecule has 3 unspecified atom stereocenters. The first-order chi connectivity index (χ1) is 15.5. The first kappa shape index (κ1) is 24.4. The van der Waals surface area contributed by atoms with Gasteiger partial charge in [-0.05, 0) is 43.4 Å². The van der Waals surface area contributed by atoms with E-state index in [0.717, 1.165) is 0 Å². The van der Waals surface area contributed by atoms with E-state index in [1.807, 2.05) is 81.5 Å². The number of hydrogen-bond donors (Lipinski definition) is 1. The Morgan fingerprint density at radius 2 is 1.58 bits per heavy atom. The van der Waals surface area contributed by atoms with E-state index >= 15 is 0 Å². The van der Waals surface area contributed by atoms with Crippen molar-refractivity contribution in [2.24, 2.45) is 16.7 Å². The fraction of sp³-hybridized carbons (Fsp3) is 0.333. The normalized spacial score (nSPS) is 19.9. The SMILES string of the molecule is Cc1ccc(C(C)C(C)C(C)(C)C(=O)NC2=CC=CC(C)(C(=O)c3ccccc3)C=C2)cc1. The van der Waals surface area contributed by atoms with E-state index in [-0.39, 0.29) is 23.5 Å². The Morgan fingerprint density at radius 3 is 2.21 bits per heavy atom. The lowest BCUT2D eigenvalue weighted by atomic mass is 9.70. The van der Waals surface area contributed by atoms with Gasteiger partial charge in [0.1, 0.15) is 0 Å². The van der Waals surface area contributed by atoms with Gasteiger partial charge in [0.25, 0.3) is 0 Å². The fourth-order valence-corrected chi connectivity index (χ4v) is 4.14. The molecule has 2 aromatic carbocycles. The molecule has 3 heteroatoms. The first-order valence-electron chi connectivity index (χ1n) is 11.6. The van der Waals surface area contributed by atoms with E-state index in [4.69, 9.17) is 0 Å². The number of amides is 1. The van der Waals surface area contributed by atoms with E-state index in [1.54, 1.807) is 0 Å². The van der Waals surface area contributed by atoms with Crippen LogP contribution in [0.25, 0.3) is 0 Å². The Hall–Kier alpha value is -3.20. The number of carbonyl (C=O) groups excluding carboxylic acids is 2. The molecule has 172 valence electrons. The van der Waals surface area contributed by atoms with Gasteiger partial charge in [-0.1, -0.05) is 106 Å². The van der Waals surface area contributed by atoms with Crippen molar-refractivity contribution in [2.45, 2.75) is 47.5 Å². The van der Waals surface area contributed by atoms with Gasteiger partial charge in [0, 0.05) is 16.7 Å². The highest BCUT2D eigenvalue weighted by atomic mass is 16.2. The molecule has 3 atom stereocenters. The molecule has 0 saturated heterocycles. The lowest BCUT2D eigenvalue weighted by Crippen LogP contribution is -2.42. The van der Waals surface area contributed by atoms with Crippen LogP contribution in [0.5, 0.6) is 0 Å². The van der Waals surface area contributed by atoms with Crippen LogP contribution in [0.2, 0.25) is 0 Å². The summed E-state index contributed by atoms with van der Waals surface area (Å²) in [6.07, 6.45) is 9.28. The summed E-state index contributed by atoms with van der Waals surface area (Å²) < 4.78 is 0. The van der Waals surface area contributed by atoms with Gasteiger partial charge in [0.2, 0.25) is 5.91 Å². The smallest absolute Gasteiger partial charge is 0.230 e. The van der Waals surface area contributed by atoms with Crippen LogP contribution in [0.15, 0.2) is 90.7 Å². The number of ketones is 1. The monoisotopic (exact) mass is 441 g/mol. The molecule has 3 rings (SSSR count). The number of Topliss-reactive ketones (excluding diaryl/α,β-unsaturated/α-hetero) is 1. The Balaban J connectivity index is 1.72. The molecule has 0 aromatic heterocycles. The highest BCUT2D eigenvalue weighted by molar-refractivity contribution is 6.03. The molecular weight excluding hydrogens is 406 g/mol. The molecule has 1 aliphatic rings. The second kappa shape index (κ2) is 9.74. The summed E-state index contributed by atoms with van der Waals surface area (Å²) in [5.41, 5.74) is 2.46. The zero-order valence-corrected chi connectivity index (χ0v) is 20.6. The summed E-state index contributed by atoms with van der Waals surface area (Å²) in [5, 5.41) is 3.08. The van der Waals surface area contributed by atoms with Crippen LogP contribution < -0.4 is 5.32 Å². The maximum atomic E-state index is 13.3. The lowest BCUT2D eigenvalue weighted by molar-refractivity contribution is -0.131. The maximum Gasteiger partial charge on any atom is 0.230 e. The topological polar surface area (TPSA) is 46.2 Å². The molecule has 0 bridgehead atoms. The lowest BCUT2D eigenvalue weighted by Gasteiger charge is -2.35. The van der Waals surface area contributed by atoms with Gasteiger partial charge < -0.3 is 5.32 Å². The van der Waals surface area contributed by atoms with Crippen LogP contribution in [-0.4, -0.2) is 11.7 Å². The molecule has 0 saturated carbocycles. The predicted molar refractivity (Wildman–Crippen MR) is 136 cm³/mol. The van der Waals surface area contributed by atoms with Crippen molar-refractivity contribution in [2.75, 3.05) is 0 Å². The van der Waals surface area contributed by atoms with Crippen molar-refractivity contribution >= 4 is 11.7 Å². The summed E-state index contributed by atoms with van der Waals surface area (Å²) >= 11 is 0. The maximum absolute atomic E-state index is 13.3. The molecule has 3 nitrogen and oxygen atoms in total. The number of hydrogen-bond acceptors (Lipinski definition) is 2. The third-order valence-corrected chi connectivity index (χ3v) is 7.19. The minimum atomic E-state index is -0.771. The molecule has 1 amide bonds. The van der Waals surface area contributed by atoms with Crippen molar-refractivity contribution in [3.8, 4) is 0 Å². The third kappa shape index (κ3) is 5.42. The molecule has 2 aromatic rings. The van der Waals surface area contributed by atoms with Gasteiger partial charge in [0.15, 0.2) is 5.78 Å². The average Bonchev–Trinajstić information content (AvgIpc) is 3.00. The highest BCUT2D eigenvalue weighted by Crippen LogP contribution is 2.38. The average molecular weight is 442 g/mol. The summed E-state index contributed by atoms with van der Waals surface area (Å²) in [6, 6.07) is 17.8. The zero-order valence-electron chi connectivity index (χ0n) is 20.6. The Labute approximate surface area is 198 Å². The number of aryl methyl sites for hydroxylation is 1. The standard InChI is InChI=1S/C30H35NO2/c1-21-14-16-24(17-15-21)22(2)23(3)29(4,5)28(33)31-26-13-10-19-30(6,20-18-26)27(32)25-11-8-7-9-12-25/h7-20,22-23H,1-6H3,(H,31,33). The largest absolute Gasteiger partial charge is 0.326 e. The minimum absolute atomic E-state index is 0.0254. The Morgan fingerprint density at radius 1 is 0.939 bits per heavy atom. The van der Waals surface area contributed by atoms with E-state index < -0.39 is 10.8 Å². The second-order valence-electron chi connectivity index (χ2n) is 9.96. The molecule has 1 aliphatic carbocycles. The van der Waals surface area contributed by atoms with Gasteiger partial charge in [-0.25, -0.2) is 0 Å². The molecule has 1 N–H and O–H groups in total. The molecule has 0 aliphatic heterocycles. The Bertz CT molecular complexity index is 1090. The summed E-state index contributed by atoms with van der Waals surface area (Å²) in [5.74, 6) is 0.349. The van der Waals surface area contributed by atoms with Gasteiger partial charge in [-0.2, -0.15) is 0 Å². The number of carbonyl (C=O) groups is 2. The van der Waals surface area contributed by atoms with Gasteiger partial charge in [-0.3, -0.25) is 9.59 Å². The van der Waals surface area contributed by atoms with Crippen LogP contribution in [0.4, 0.5) is 0 Å². The van der Waals surface area contributed by atoms with Crippen molar-refractivity contribution in [1.82, 2.24) is 5.32 Å². The van der Waals surface area contributed by atoms with E-state index in [0.29, 0.717) is 11.3 Å². The fourth-order valence-electron chi connectivity index (χ4n) is 4.14. The number of benzene rings is 2. The van der Waals surface area contributed by atoms with Crippen molar-refractivity contribution in [3.05, 3.63) is 107 Å². The number of allylic oxidation sites excluding steroid dienone is 5. The van der Waals surface area contributed by atoms with Crippen LogP contribution in [0, 0.1) is 23.7 Å². The van der Waals surface area contributed by atoms with Gasteiger partial charge >= 0.3 is 0 Å². The minimum Gasteiger partial charge on any atom is -0.326 e. The Kier molecular flexibility index (Phi) is 7.22. The van der Waals surface area contributed by atoms with Crippen LogP contribution in [-0.2, 0) is 4.79 Å². The van der Waals surface area contributed by atoms with Crippen LogP contribution in [0.1, 0.15) is 62.0 Å². The van der Waals surface area contributed by atoms with Gasteiger partial charge in [-0.15, -0.1) is 0 Å². The molecular formula is C30H35NO2. The molecule has 0 spiro atoms. The molecule has 33 heavy (non-hydrogen) atoms. The van der Waals surface area contributed by atoms with Crippen molar-refractivity contribution < 1.29 is 9.59 Å². The third-order valence-electron chi connectivity index (χ3n) is 7.19. The van der Waals surface area contributed by atoms with Crippen LogP contribution in [0.3, 0.4) is 0 Å². The summed E-state index contributed by atoms with van der Waals surface area (Å²) in [7, 11) is 0. The second-order valence-corrected chi connectivity index (χ2v) is 9.96. The van der Waals surface area contributed by atoms with Crippen molar-refractivity contribution in [1.29, 1.82) is 0 Å². The molecule has 0 radical (unpaired) electrons.